The highest BCUT2D eigenvalue weighted by Gasteiger charge is 2.27. The molecule has 1 aliphatic rings. The van der Waals surface area contributed by atoms with Gasteiger partial charge in [0.05, 0.1) is 6.26 Å². The second-order valence-electron chi connectivity index (χ2n) is 4.13. The highest BCUT2D eigenvalue weighted by Crippen LogP contribution is 2.15. The smallest absolute Gasteiger partial charge is 0.274 e. The Hall–Kier alpha value is -0.850. The summed E-state index contributed by atoms with van der Waals surface area (Å²) in [5.41, 5.74) is 0. The summed E-state index contributed by atoms with van der Waals surface area (Å²) in [5.74, 6) is 0.290. The maximum Gasteiger partial charge on any atom is 0.274 e. The van der Waals surface area contributed by atoms with Gasteiger partial charge < -0.3 is 9.73 Å². The Morgan fingerprint density at radius 1 is 1.56 bits per heavy atom. The molecule has 5 nitrogen and oxygen atoms in total. The van der Waals surface area contributed by atoms with E-state index in [4.69, 9.17) is 4.42 Å². The van der Waals surface area contributed by atoms with Gasteiger partial charge in [-0.05, 0) is 37.6 Å². The summed E-state index contributed by atoms with van der Waals surface area (Å²) in [4.78, 5) is 0. The lowest BCUT2D eigenvalue weighted by Gasteiger charge is -2.29. The van der Waals surface area contributed by atoms with Crippen molar-refractivity contribution in [3.63, 3.8) is 0 Å². The lowest BCUT2D eigenvalue weighted by atomic mass is 9.97. The van der Waals surface area contributed by atoms with E-state index in [-0.39, 0.29) is 11.1 Å². The van der Waals surface area contributed by atoms with Crippen molar-refractivity contribution < 1.29 is 12.8 Å². The van der Waals surface area contributed by atoms with Crippen LogP contribution in [0.25, 0.3) is 0 Å². The molecule has 90 valence electrons. The van der Waals surface area contributed by atoms with E-state index in [1.165, 1.54) is 12.3 Å². The minimum Gasteiger partial charge on any atom is -0.452 e. The van der Waals surface area contributed by atoms with Gasteiger partial charge >= 0.3 is 0 Å². The van der Waals surface area contributed by atoms with E-state index in [1.54, 1.807) is 6.07 Å². The lowest BCUT2D eigenvalue weighted by Crippen LogP contribution is -2.48. The van der Waals surface area contributed by atoms with Gasteiger partial charge in [0.25, 0.3) is 10.0 Å². The van der Waals surface area contributed by atoms with E-state index < -0.39 is 10.0 Å². The van der Waals surface area contributed by atoms with E-state index >= 15 is 0 Å². The Balaban J connectivity index is 2.09. The van der Waals surface area contributed by atoms with Crippen LogP contribution in [-0.2, 0) is 10.0 Å². The fourth-order valence-corrected chi connectivity index (χ4v) is 3.17. The van der Waals surface area contributed by atoms with Crippen molar-refractivity contribution in [2.45, 2.75) is 24.5 Å². The first-order valence-corrected chi connectivity index (χ1v) is 6.84. The fourth-order valence-electron chi connectivity index (χ4n) is 1.86. The third-order valence-electron chi connectivity index (χ3n) is 2.85. The van der Waals surface area contributed by atoms with Crippen LogP contribution in [0, 0.1) is 5.92 Å². The molecule has 0 bridgehead atoms. The molecule has 1 aromatic rings. The SMILES string of the molecule is CC1CNCCC1NS(=O)(=O)c1ccco1. The second-order valence-corrected chi connectivity index (χ2v) is 5.77. The molecule has 1 saturated heterocycles. The normalized spacial score (nSPS) is 26.8. The fraction of sp³-hybridized carbons (Fsp3) is 0.600. The Labute approximate surface area is 95.3 Å². The largest absolute Gasteiger partial charge is 0.452 e. The van der Waals surface area contributed by atoms with Crippen molar-refractivity contribution in [1.82, 2.24) is 10.0 Å². The zero-order chi connectivity index (χ0) is 11.6. The number of nitrogens with one attached hydrogen (secondary N) is 2. The summed E-state index contributed by atoms with van der Waals surface area (Å²) < 4.78 is 31.4. The van der Waals surface area contributed by atoms with Crippen LogP contribution in [0.5, 0.6) is 0 Å². The summed E-state index contributed by atoms with van der Waals surface area (Å²) in [6.45, 7) is 3.71. The lowest BCUT2D eigenvalue weighted by molar-refractivity contribution is 0.325. The van der Waals surface area contributed by atoms with Gasteiger partial charge in [-0.2, -0.15) is 0 Å². The van der Waals surface area contributed by atoms with Crippen molar-refractivity contribution in [3.05, 3.63) is 18.4 Å². The van der Waals surface area contributed by atoms with Crippen molar-refractivity contribution in [3.8, 4) is 0 Å². The molecular weight excluding hydrogens is 228 g/mol. The van der Waals surface area contributed by atoms with Crippen LogP contribution in [0.3, 0.4) is 0 Å². The molecule has 1 aromatic heterocycles. The summed E-state index contributed by atoms with van der Waals surface area (Å²) in [5, 5.41) is 3.21. The number of rotatable bonds is 3. The minimum atomic E-state index is -3.49. The van der Waals surface area contributed by atoms with Crippen molar-refractivity contribution >= 4 is 10.0 Å². The number of furan rings is 1. The molecular formula is C10H16N2O3S. The average Bonchev–Trinajstić information content (AvgIpc) is 2.75. The molecule has 0 saturated carbocycles. The molecule has 0 radical (unpaired) electrons. The van der Waals surface area contributed by atoms with Gasteiger partial charge in [0.15, 0.2) is 0 Å². The highest BCUT2D eigenvalue weighted by atomic mass is 32.2. The second kappa shape index (κ2) is 4.57. The summed E-state index contributed by atoms with van der Waals surface area (Å²) >= 11 is 0. The molecule has 2 heterocycles. The number of hydrogen-bond donors (Lipinski definition) is 2. The molecule has 0 amide bonds. The molecule has 2 atom stereocenters. The number of piperidine rings is 1. The molecule has 1 fully saturated rings. The van der Waals surface area contributed by atoms with Crippen molar-refractivity contribution in [2.24, 2.45) is 5.92 Å². The summed E-state index contributed by atoms with van der Waals surface area (Å²) in [7, 11) is -3.49. The van der Waals surface area contributed by atoms with Crippen LogP contribution in [0.1, 0.15) is 13.3 Å². The molecule has 16 heavy (non-hydrogen) atoms. The summed E-state index contributed by atoms with van der Waals surface area (Å²) in [6.07, 6.45) is 2.17. The highest BCUT2D eigenvalue weighted by molar-refractivity contribution is 7.89. The standard InChI is InChI=1S/C10H16N2O3S/c1-8-7-11-5-4-9(8)12-16(13,14)10-3-2-6-15-10/h2-3,6,8-9,11-12H,4-5,7H2,1H3. The van der Waals surface area contributed by atoms with E-state index in [0.717, 1.165) is 19.5 Å². The van der Waals surface area contributed by atoms with Gasteiger partial charge in [-0.15, -0.1) is 0 Å². The van der Waals surface area contributed by atoms with Crippen molar-refractivity contribution in [1.29, 1.82) is 0 Å². The first kappa shape index (κ1) is 11.6. The zero-order valence-corrected chi connectivity index (χ0v) is 9.96. The quantitative estimate of drug-likeness (QED) is 0.815. The third-order valence-corrected chi connectivity index (χ3v) is 4.23. The Bertz CT molecular complexity index is 427. The maximum atomic E-state index is 11.9. The maximum absolute atomic E-state index is 11.9. The van der Waals surface area contributed by atoms with E-state index in [1.807, 2.05) is 6.92 Å². The molecule has 1 aliphatic heterocycles. The van der Waals surface area contributed by atoms with E-state index in [2.05, 4.69) is 10.0 Å². The van der Waals surface area contributed by atoms with Gasteiger partial charge in [-0.3, -0.25) is 0 Å². The van der Waals surface area contributed by atoms with Crippen LogP contribution in [0.4, 0.5) is 0 Å². The van der Waals surface area contributed by atoms with Crippen LogP contribution in [0.15, 0.2) is 27.9 Å². The molecule has 2 rings (SSSR count). The number of sulfonamides is 1. The van der Waals surface area contributed by atoms with Gasteiger partial charge in [0.2, 0.25) is 5.09 Å². The van der Waals surface area contributed by atoms with Gasteiger partial charge in [0, 0.05) is 6.04 Å². The molecule has 2 N–H and O–H groups in total. The first-order valence-electron chi connectivity index (χ1n) is 5.36. The van der Waals surface area contributed by atoms with Crippen LogP contribution >= 0.6 is 0 Å². The zero-order valence-electron chi connectivity index (χ0n) is 9.14. The predicted octanol–water partition coefficient (Wildman–Crippen LogP) is 0.556. The van der Waals surface area contributed by atoms with E-state index in [0.29, 0.717) is 5.92 Å². The number of hydrogen-bond acceptors (Lipinski definition) is 4. The van der Waals surface area contributed by atoms with Crippen LogP contribution in [0.2, 0.25) is 0 Å². The minimum absolute atomic E-state index is 0.0155. The van der Waals surface area contributed by atoms with E-state index in [9.17, 15) is 8.42 Å². The molecule has 6 heteroatoms. The van der Waals surface area contributed by atoms with Crippen LogP contribution < -0.4 is 10.0 Å². The first-order chi connectivity index (χ1) is 7.59. The van der Waals surface area contributed by atoms with Gasteiger partial charge in [-0.1, -0.05) is 6.92 Å². The molecule has 2 unspecified atom stereocenters. The van der Waals surface area contributed by atoms with Gasteiger partial charge in [-0.25, -0.2) is 13.1 Å². The van der Waals surface area contributed by atoms with Crippen molar-refractivity contribution in [2.75, 3.05) is 13.1 Å². The van der Waals surface area contributed by atoms with Gasteiger partial charge in [0.1, 0.15) is 0 Å². The topological polar surface area (TPSA) is 71.3 Å². The Morgan fingerprint density at radius 2 is 2.38 bits per heavy atom. The Kier molecular flexibility index (Phi) is 3.32. The Morgan fingerprint density at radius 3 is 3.00 bits per heavy atom. The molecule has 0 aromatic carbocycles. The average molecular weight is 244 g/mol. The molecule has 0 aliphatic carbocycles. The predicted molar refractivity (Wildman–Crippen MR) is 59.5 cm³/mol. The van der Waals surface area contributed by atoms with Crippen LogP contribution in [-0.4, -0.2) is 27.5 Å². The third kappa shape index (κ3) is 2.45. The summed E-state index contributed by atoms with van der Waals surface area (Å²) in [6, 6.07) is 3.01. The monoisotopic (exact) mass is 244 g/mol. The molecule has 0 spiro atoms.